The van der Waals surface area contributed by atoms with Crippen molar-refractivity contribution in [2.75, 3.05) is 33.9 Å². The van der Waals surface area contributed by atoms with Crippen molar-refractivity contribution in [2.45, 2.75) is 63.5 Å². The predicted octanol–water partition coefficient (Wildman–Crippen LogP) is 3.50. The number of carbonyl (C=O) groups is 2. The van der Waals surface area contributed by atoms with E-state index in [4.69, 9.17) is 9.47 Å². The van der Waals surface area contributed by atoms with Crippen molar-refractivity contribution in [3.05, 3.63) is 29.8 Å². The molecular weight excluding hydrogens is 368 g/mol. The highest BCUT2D eigenvalue weighted by atomic mass is 16.5. The Morgan fingerprint density at radius 2 is 1.79 bits per heavy atom. The highest BCUT2D eigenvalue weighted by molar-refractivity contribution is 5.96. The fourth-order valence-corrected chi connectivity index (χ4v) is 4.45. The Kier molecular flexibility index (Phi) is 7.92. The molecule has 6 heteroatoms. The second-order valence-corrected chi connectivity index (χ2v) is 8.17. The summed E-state index contributed by atoms with van der Waals surface area (Å²) in [7, 11) is 3.43. The fraction of sp³-hybridized carbons (Fsp3) is 0.652. The normalized spacial score (nSPS) is 24.1. The molecule has 1 heterocycles. The summed E-state index contributed by atoms with van der Waals surface area (Å²) in [5.74, 6) is 0.652. The first-order chi connectivity index (χ1) is 14.1. The van der Waals surface area contributed by atoms with Gasteiger partial charge in [-0.2, -0.15) is 0 Å². The minimum absolute atomic E-state index is 0.00247. The summed E-state index contributed by atoms with van der Waals surface area (Å²) in [5.41, 5.74) is 0.603. The molecule has 2 aliphatic rings. The van der Waals surface area contributed by atoms with Crippen LogP contribution in [0, 0.1) is 0 Å². The molecule has 1 aromatic carbocycles. The first kappa shape index (κ1) is 21.6. The standard InChI is InChI=1S/C23H34N2O4/c1-24-15-9-3-4-10-16-25(22(26)17-28-2)19-12-6-8-14-21(19)29-20-13-7-5-11-18(20)23(24)27/h5,7,11,13,19,21H,3-4,6,8-10,12,14-17H2,1-2H3/t19-,21+/m1/s1. The molecule has 0 saturated heterocycles. The number of nitrogens with zero attached hydrogens (tertiary/aromatic N) is 2. The zero-order chi connectivity index (χ0) is 20.6. The first-order valence-electron chi connectivity index (χ1n) is 10.9. The maximum atomic E-state index is 13.0. The van der Waals surface area contributed by atoms with Crippen LogP contribution in [0.5, 0.6) is 5.75 Å². The molecule has 1 saturated carbocycles. The average Bonchev–Trinajstić information content (AvgIpc) is 2.73. The zero-order valence-corrected chi connectivity index (χ0v) is 17.8. The molecule has 160 valence electrons. The molecule has 0 unspecified atom stereocenters. The van der Waals surface area contributed by atoms with E-state index in [0.29, 0.717) is 11.3 Å². The van der Waals surface area contributed by atoms with Crippen LogP contribution in [0.15, 0.2) is 24.3 Å². The number of benzene rings is 1. The van der Waals surface area contributed by atoms with Gasteiger partial charge in [0, 0.05) is 27.2 Å². The van der Waals surface area contributed by atoms with Crippen molar-refractivity contribution in [3.63, 3.8) is 0 Å². The lowest BCUT2D eigenvalue weighted by Gasteiger charge is -2.40. The molecule has 0 radical (unpaired) electrons. The van der Waals surface area contributed by atoms with E-state index >= 15 is 0 Å². The Bertz CT molecular complexity index is 693. The van der Waals surface area contributed by atoms with Crippen LogP contribution in [0.1, 0.15) is 61.7 Å². The van der Waals surface area contributed by atoms with Gasteiger partial charge in [0.25, 0.3) is 5.91 Å². The van der Waals surface area contributed by atoms with Crippen LogP contribution >= 0.6 is 0 Å². The molecule has 0 aromatic heterocycles. The van der Waals surface area contributed by atoms with E-state index in [-0.39, 0.29) is 30.6 Å². The van der Waals surface area contributed by atoms with Gasteiger partial charge in [-0.05, 0) is 44.2 Å². The smallest absolute Gasteiger partial charge is 0.257 e. The number of hydrogen-bond acceptors (Lipinski definition) is 4. The van der Waals surface area contributed by atoms with Gasteiger partial charge in [-0.25, -0.2) is 0 Å². The Hall–Kier alpha value is -2.08. The van der Waals surface area contributed by atoms with Crippen molar-refractivity contribution < 1.29 is 19.1 Å². The minimum atomic E-state index is -0.105. The van der Waals surface area contributed by atoms with E-state index in [2.05, 4.69) is 0 Å². The number of ether oxygens (including phenoxy) is 2. The topological polar surface area (TPSA) is 59.1 Å². The van der Waals surface area contributed by atoms with Gasteiger partial charge in [0.1, 0.15) is 18.5 Å². The average molecular weight is 403 g/mol. The van der Waals surface area contributed by atoms with Gasteiger partial charge in [0.05, 0.1) is 11.6 Å². The molecule has 1 aliphatic heterocycles. The summed E-state index contributed by atoms with van der Waals surface area (Å²) in [4.78, 5) is 29.6. The molecule has 0 N–H and O–H groups in total. The number of amides is 2. The number of hydrogen-bond donors (Lipinski definition) is 0. The SMILES string of the molecule is COCC(=O)N1CCCCCCN(C)C(=O)c2ccccc2O[C@H]2CCCC[C@H]21. The summed E-state index contributed by atoms with van der Waals surface area (Å²) in [6.45, 7) is 1.57. The highest BCUT2D eigenvalue weighted by Crippen LogP contribution is 2.30. The molecular formula is C23H34N2O4. The Morgan fingerprint density at radius 3 is 2.59 bits per heavy atom. The van der Waals surface area contributed by atoms with Gasteiger partial charge in [0.2, 0.25) is 5.91 Å². The van der Waals surface area contributed by atoms with E-state index in [1.807, 2.05) is 36.2 Å². The van der Waals surface area contributed by atoms with Crippen LogP contribution in [0.4, 0.5) is 0 Å². The van der Waals surface area contributed by atoms with Gasteiger partial charge >= 0.3 is 0 Å². The predicted molar refractivity (Wildman–Crippen MR) is 112 cm³/mol. The molecule has 0 spiro atoms. The minimum Gasteiger partial charge on any atom is -0.487 e. The number of carbonyl (C=O) groups excluding carboxylic acids is 2. The van der Waals surface area contributed by atoms with Crippen LogP contribution in [0.3, 0.4) is 0 Å². The van der Waals surface area contributed by atoms with E-state index in [0.717, 1.165) is 64.5 Å². The van der Waals surface area contributed by atoms with Crippen molar-refractivity contribution in [1.29, 1.82) is 0 Å². The van der Waals surface area contributed by atoms with Gasteiger partial charge in [0.15, 0.2) is 0 Å². The Morgan fingerprint density at radius 1 is 1.07 bits per heavy atom. The van der Waals surface area contributed by atoms with E-state index in [9.17, 15) is 9.59 Å². The lowest BCUT2D eigenvalue weighted by molar-refractivity contribution is -0.140. The second kappa shape index (κ2) is 10.6. The van der Waals surface area contributed by atoms with Crippen LogP contribution in [-0.4, -0.2) is 67.6 Å². The van der Waals surface area contributed by atoms with Crippen LogP contribution < -0.4 is 4.74 Å². The lowest BCUT2D eigenvalue weighted by atomic mass is 9.90. The monoisotopic (exact) mass is 402 g/mol. The molecule has 1 fully saturated rings. The lowest BCUT2D eigenvalue weighted by Crippen LogP contribution is -2.52. The van der Waals surface area contributed by atoms with Crippen molar-refractivity contribution in [1.82, 2.24) is 9.80 Å². The van der Waals surface area contributed by atoms with Crippen LogP contribution in [0.2, 0.25) is 0 Å². The molecule has 6 nitrogen and oxygen atoms in total. The van der Waals surface area contributed by atoms with Gasteiger partial charge in [-0.3, -0.25) is 9.59 Å². The van der Waals surface area contributed by atoms with E-state index in [1.54, 1.807) is 12.0 Å². The molecule has 2 amide bonds. The fourth-order valence-electron chi connectivity index (χ4n) is 4.45. The maximum Gasteiger partial charge on any atom is 0.257 e. The first-order valence-corrected chi connectivity index (χ1v) is 10.9. The van der Waals surface area contributed by atoms with Gasteiger partial charge in [-0.15, -0.1) is 0 Å². The Balaban J connectivity index is 1.91. The number of para-hydroxylation sites is 1. The van der Waals surface area contributed by atoms with Crippen molar-refractivity contribution in [3.8, 4) is 5.75 Å². The van der Waals surface area contributed by atoms with Gasteiger partial charge < -0.3 is 19.3 Å². The molecule has 1 aliphatic carbocycles. The highest BCUT2D eigenvalue weighted by Gasteiger charge is 2.35. The second-order valence-electron chi connectivity index (χ2n) is 8.17. The van der Waals surface area contributed by atoms with Crippen LogP contribution in [0.25, 0.3) is 0 Å². The van der Waals surface area contributed by atoms with E-state index < -0.39 is 0 Å². The molecule has 1 aromatic rings. The van der Waals surface area contributed by atoms with Crippen molar-refractivity contribution >= 4 is 11.8 Å². The summed E-state index contributed by atoms with van der Waals surface area (Å²) >= 11 is 0. The third-order valence-electron chi connectivity index (χ3n) is 6.04. The van der Waals surface area contributed by atoms with E-state index in [1.165, 1.54) is 0 Å². The summed E-state index contributed by atoms with van der Waals surface area (Å²) in [5, 5.41) is 0. The van der Waals surface area contributed by atoms with Crippen LogP contribution in [-0.2, 0) is 9.53 Å². The zero-order valence-electron chi connectivity index (χ0n) is 17.8. The number of fused-ring (bicyclic) bond motifs is 2. The van der Waals surface area contributed by atoms with Crippen molar-refractivity contribution in [2.24, 2.45) is 0 Å². The molecule has 2 atom stereocenters. The Labute approximate surface area is 174 Å². The van der Waals surface area contributed by atoms with Gasteiger partial charge in [-0.1, -0.05) is 31.4 Å². The molecule has 0 bridgehead atoms. The largest absolute Gasteiger partial charge is 0.487 e. The third kappa shape index (κ3) is 5.50. The number of rotatable bonds is 2. The summed E-state index contributed by atoms with van der Waals surface area (Å²) < 4.78 is 11.6. The number of methoxy groups -OCH3 is 1. The quantitative estimate of drug-likeness (QED) is 0.760. The summed E-state index contributed by atoms with van der Waals surface area (Å²) in [6, 6.07) is 7.52. The molecule has 29 heavy (non-hydrogen) atoms. The summed E-state index contributed by atoms with van der Waals surface area (Å²) in [6.07, 6.45) is 7.90. The maximum absolute atomic E-state index is 13.0. The third-order valence-corrected chi connectivity index (χ3v) is 6.04. The molecule has 3 rings (SSSR count).